The van der Waals surface area contributed by atoms with Crippen LogP contribution < -0.4 is 4.90 Å². The molecule has 0 aliphatic carbocycles. The summed E-state index contributed by atoms with van der Waals surface area (Å²) in [6.45, 7) is 0. The lowest BCUT2D eigenvalue weighted by molar-refractivity contribution is 0.668. The Bertz CT molecular complexity index is 3190. The third-order valence-corrected chi connectivity index (χ3v) is 10.9. The normalized spacial score (nSPS) is 11.6. The summed E-state index contributed by atoms with van der Waals surface area (Å²) in [5, 5.41) is 6.91. The predicted molar refractivity (Wildman–Crippen MR) is 229 cm³/mol. The number of rotatable bonds is 6. The van der Waals surface area contributed by atoms with Crippen LogP contribution in [0.25, 0.3) is 88.0 Å². The summed E-state index contributed by atoms with van der Waals surface area (Å²) in [5.74, 6) is 0. The molecule has 2 aromatic heterocycles. The summed E-state index contributed by atoms with van der Waals surface area (Å²) >= 11 is 0. The number of anilines is 3. The van der Waals surface area contributed by atoms with E-state index in [2.05, 4.69) is 187 Å². The second-order valence-electron chi connectivity index (χ2n) is 14.1. The van der Waals surface area contributed by atoms with Crippen LogP contribution in [0.1, 0.15) is 0 Å². The van der Waals surface area contributed by atoms with Gasteiger partial charge in [-0.25, -0.2) is 0 Å². The second kappa shape index (κ2) is 12.6. The largest absolute Gasteiger partial charge is 0.456 e. The minimum absolute atomic E-state index is 0.865. The molecule has 0 aliphatic heterocycles. The van der Waals surface area contributed by atoms with Crippen molar-refractivity contribution in [2.24, 2.45) is 0 Å². The molecule has 0 amide bonds. The van der Waals surface area contributed by atoms with Crippen LogP contribution >= 0.6 is 0 Å². The van der Waals surface area contributed by atoms with Gasteiger partial charge in [-0.2, -0.15) is 0 Å². The van der Waals surface area contributed by atoms with Crippen molar-refractivity contribution in [2.45, 2.75) is 0 Å². The van der Waals surface area contributed by atoms with Crippen molar-refractivity contribution in [3.05, 3.63) is 200 Å². The molecule has 0 unspecified atom stereocenters. The van der Waals surface area contributed by atoms with Gasteiger partial charge in [0.15, 0.2) is 0 Å². The predicted octanol–water partition coefficient (Wildman–Crippen LogP) is 15.1. The summed E-state index contributed by atoms with van der Waals surface area (Å²) in [5.41, 5.74) is 13.7. The number of benzene rings is 9. The van der Waals surface area contributed by atoms with E-state index in [1.165, 1.54) is 16.3 Å². The maximum Gasteiger partial charge on any atom is 0.137 e. The summed E-state index contributed by atoms with van der Waals surface area (Å²) in [4.78, 5) is 2.32. The highest BCUT2D eigenvalue weighted by Gasteiger charge is 2.18. The quantitative estimate of drug-likeness (QED) is 0.173. The van der Waals surface area contributed by atoms with Crippen LogP contribution in [-0.4, -0.2) is 0 Å². The lowest BCUT2D eigenvalue weighted by Crippen LogP contribution is -2.10. The van der Waals surface area contributed by atoms with Crippen molar-refractivity contribution in [2.75, 3.05) is 4.90 Å². The van der Waals surface area contributed by atoms with Gasteiger partial charge in [0.2, 0.25) is 0 Å². The number of para-hydroxylation sites is 2. The Morgan fingerprint density at radius 3 is 1.62 bits per heavy atom. The molecule has 0 spiro atoms. The van der Waals surface area contributed by atoms with Crippen LogP contribution in [-0.2, 0) is 0 Å². The van der Waals surface area contributed by atoms with Gasteiger partial charge in [-0.15, -0.1) is 0 Å². The Kier molecular flexibility index (Phi) is 7.17. The van der Waals surface area contributed by atoms with E-state index in [4.69, 9.17) is 8.83 Å². The fourth-order valence-electron chi connectivity index (χ4n) is 8.23. The van der Waals surface area contributed by atoms with Gasteiger partial charge in [-0.3, -0.25) is 0 Å². The first kappa shape index (κ1) is 31.2. The van der Waals surface area contributed by atoms with Gasteiger partial charge in [0.1, 0.15) is 22.3 Å². The van der Waals surface area contributed by atoms with Crippen LogP contribution in [0.5, 0.6) is 0 Å². The Hall–Kier alpha value is -7.36. The number of nitrogens with zero attached hydrogens (tertiary/aromatic N) is 1. The lowest BCUT2D eigenvalue weighted by atomic mass is 9.92. The SMILES string of the molecule is c1ccc(-c2cccc(N(c3ccc(-c4ccc5c(c4)c(-c4ccccc4)cc4oc6ccccc6c45)cc3)c3ccc4c(c3)oc3ccccc34)c2)cc1. The molecule has 11 rings (SSSR count). The van der Waals surface area contributed by atoms with Crippen LogP contribution in [0.4, 0.5) is 17.1 Å². The van der Waals surface area contributed by atoms with E-state index in [1.54, 1.807) is 0 Å². The Morgan fingerprint density at radius 1 is 0.273 bits per heavy atom. The molecule has 0 saturated carbocycles. The first-order valence-electron chi connectivity index (χ1n) is 18.7. The van der Waals surface area contributed by atoms with Crippen molar-refractivity contribution in [1.29, 1.82) is 0 Å². The van der Waals surface area contributed by atoms with Crippen LogP contribution in [0, 0.1) is 0 Å². The smallest absolute Gasteiger partial charge is 0.137 e. The third kappa shape index (κ3) is 5.28. The van der Waals surface area contributed by atoms with Crippen molar-refractivity contribution < 1.29 is 8.83 Å². The van der Waals surface area contributed by atoms with Gasteiger partial charge < -0.3 is 13.7 Å². The van der Waals surface area contributed by atoms with E-state index in [0.29, 0.717) is 0 Å². The van der Waals surface area contributed by atoms with E-state index in [0.717, 1.165) is 88.8 Å². The zero-order valence-corrected chi connectivity index (χ0v) is 29.8. The standard InChI is InChI=1S/C52H33NO2/c1-3-12-34(13-4-1)37-16-11-17-40(30-37)53(41-27-29-43-42-18-7-9-20-48(42)54-50(43)32-41)39-25-22-35(23-26-39)38-24-28-44-47(31-38)46(36-14-5-2-6-15-36)33-51-52(44)45-19-8-10-21-49(45)55-51/h1-33H. The first-order chi connectivity index (χ1) is 27.2. The second-order valence-corrected chi connectivity index (χ2v) is 14.1. The highest BCUT2D eigenvalue weighted by molar-refractivity contribution is 6.22. The van der Waals surface area contributed by atoms with Crippen molar-refractivity contribution >= 4 is 71.7 Å². The molecule has 11 aromatic rings. The highest BCUT2D eigenvalue weighted by Crippen LogP contribution is 2.43. The molecule has 0 radical (unpaired) electrons. The Morgan fingerprint density at radius 2 is 0.818 bits per heavy atom. The minimum atomic E-state index is 0.865. The number of hydrogen-bond donors (Lipinski definition) is 0. The van der Waals surface area contributed by atoms with Gasteiger partial charge in [-0.05, 0) is 105 Å². The topological polar surface area (TPSA) is 29.5 Å². The molecule has 0 N–H and O–H groups in total. The first-order valence-corrected chi connectivity index (χ1v) is 18.7. The molecule has 2 heterocycles. The van der Waals surface area contributed by atoms with E-state index >= 15 is 0 Å². The molecule has 9 aromatic carbocycles. The number of hydrogen-bond acceptors (Lipinski definition) is 3. The Balaban J connectivity index is 1.05. The fraction of sp³-hybridized carbons (Fsp3) is 0. The summed E-state index contributed by atoms with van der Waals surface area (Å²) < 4.78 is 12.8. The van der Waals surface area contributed by atoms with Gasteiger partial charge in [0.25, 0.3) is 0 Å². The minimum Gasteiger partial charge on any atom is -0.456 e. The van der Waals surface area contributed by atoms with Gasteiger partial charge >= 0.3 is 0 Å². The van der Waals surface area contributed by atoms with E-state index in [9.17, 15) is 0 Å². The molecule has 0 atom stereocenters. The van der Waals surface area contributed by atoms with E-state index in [1.807, 2.05) is 18.2 Å². The third-order valence-electron chi connectivity index (χ3n) is 10.9. The van der Waals surface area contributed by atoms with Crippen LogP contribution in [0.15, 0.2) is 209 Å². The highest BCUT2D eigenvalue weighted by atomic mass is 16.3. The zero-order chi connectivity index (χ0) is 36.3. The van der Waals surface area contributed by atoms with Crippen molar-refractivity contribution in [3.63, 3.8) is 0 Å². The monoisotopic (exact) mass is 703 g/mol. The van der Waals surface area contributed by atoms with Crippen LogP contribution in [0.2, 0.25) is 0 Å². The molecule has 55 heavy (non-hydrogen) atoms. The number of fused-ring (bicyclic) bond motifs is 8. The maximum absolute atomic E-state index is 6.41. The molecule has 0 bridgehead atoms. The van der Waals surface area contributed by atoms with Gasteiger partial charge in [0, 0.05) is 44.7 Å². The average molecular weight is 704 g/mol. The summed E-state index contributed by atoms with van der Waals surface area (Å²) in [7, 11) is 0. The molecule has 258 valence electrons. The van der Waals surface area contributed by atoms with Crippen molar-refractivity contribution in [1.82, 2.24) is 0 Å². The summed E-state index contributed by atoms with van der Waals surface area (Å²) in [6.07, 6.45) is 0. The van der Waals surface area contributed by atoms with Gasteiger partial charge in [0.05, 0.1) is 0 Å². The Labute approximate surface area is 317 Å². The maximum atomic E-state index is 6.41. The average Bonchev–Trinajstić information content (AvgIpc) is 3.82. The lowest BCUT2D eigenvalue weighted by Gasteiger charge is -2.26. The van der Waals surface area contributed by atoms with Gasteiger partial charge in [-0.1, -0.05) is 133 Å². The fourth-order valence-corrected chi connectivity index (χ4v) is 8.23. The van der Waals surface area contributed by atoms with Crippen molar-refractivity contribution in [3.8, 4) is 33.4 Å². The van der Waals surface area contributed by atoms with E-state index < -0.39 is 0 Å². The van der Waals surface area contributed by atoms with E-state index in [-0.39, 0.29) is 0 Å². The summed E-state index contributed by atoms with van der Waals surface area (Å²) in [6, 6.07) is 71.0. The van der Waals surface area contributed by atoms with Crippen LogP contribution in [0.3, 0.4) is 0 Å². The molecular formula is C52H33NO2. The molecular weight excluding hydrogens is 671 g/mol. The zero-order valence-electron chi connectivity index (χ0n) is 29.8. The molecule has 0 aliphatic rings. The number of furan rings is 2. The molecule has 3 heteroatoms. The molecule has 3 nitrogen and oxygen atoms in total. The molecule has 0 fully saturated rings. The molecule has 0 saturated heterocycles.